The van der Waals surface area contributed by atoms with Crippen LogP contribution in [0.15, 0.2) is 29.6 Å². The van der Waals surface area contributed by atoms with Gasteiger partial charge < -0.3 is 10.1 Å². The summed E-state index contributed by atoms with van der Waals surface area (Å²) in [4.78, 5) is 0. The average molecular weight is 233 g/mol. The molecular formula is C13H15NOS. The van der Waals surface area contributed by atoms with Crippen LogP contribution in [0, 0.1) is 0 Å². The van der Waals surface area contributed by atoms with Crippen LogP contribution in [0.5, 0.6) is 5.75 Å². The smallest absolute Gasteiger partial charge is 0.137 e. The minimum Gasteiger partial charge on any atom is -0.488 e. The number of nitrogens with one attached hydrogen (secondary N) is 1. The molecule has 3 rings (SSSR count). The third kappa shape index (κ3) is 1.93. The number of thiophene rings is 1. The van der Waals surface area contributed by atoms with Crippen molar-refractivity contribution in [2.24, 2.45) is 0 Å². The lowest BCUT2D eigenvalue weighted by Crippen LogP contribution is -2.37. The quantitative estimate of drug-likeness (QED) is 0.861. The monoisotopic (exact) mass is 233 g/mol. The van der Waals surface area contributed by atoms with Crippen molar-refractivity contribution in [1.29, 1.82) is 0 Å². The number of benzene rings is 1. The zero-order valence-corrected chi connectivity index (χ0v) is 9.93. The van der Waals surface area contributed by atoms with Gasteiger partial charge in [0, 0.05) is 6.54 Å². The standard InChI is InChI=1S/C13H15NOS/c1-3-10-6-8-16-13(10)12(5-1)15-11-4-2-7-14-9-11/h1,3,5-6,8,11,14H,2,4,7,9H2. The van der Waals surface area contributed by atoms with Crippen molar-refractivity contribution in [3.63, 3.8) is 0 Å². The minimum absolute atomic E-state index is 0.335. The van der Waals surface area contributed by atoms with Gasteiger partial charge in [0.15, 0.2) is 0 Å². The molecule has 1 unspecified atom stereocenters. The zero-order valence-electron chi connectivity index (χ0n) is 9.11. The normalized spacial score (nSPS) is 21.1. The number of piperidine rings is 1. The Balaban J connectivity index is 1.85. The molecule has 0 radical (unpaired) electrons. The number of rotatable bonds is 2. The summed E-state index contributed by atoms with van der Waals surface area (Å²) in [6, 6.07) is 8.43. The molecule has 0 bridgehead atoms. The van der Waals surface area contributed by atoms with Crippen LogP contribution in [0.2, 0.25) is 0 Å². The topological polar surface area (TPSA) is 21.3 Å². The maximum Gasteiger partial charge on any atom is 0.137 e. The molecule has 1 aliphatic heterocycles. The predicted molar refractivity (Wildman–Crippen MR) is 68.3 cm³/mol. The fraction of sp³-hybridized carbons (Fsp3) is 0.385. The maximum atomic E-state index is 6.07. The molecule has 1 aliphatic rings. The first kappa shape index (κ1) is 10.1. The van der Waals surface area contributed by atoms with Crippen molar-refractivity contribution in [3.05, 3.63) is 29.6 Å². The van der Waals surface area contributed by atoms with E-state index < -0.39 is 0 Å². The van der Waals surface area contributed by atoms with Crippen molar-refractivity contribution >= 4 is 21.4 Å². The first-order valence-electron chi connectivity index (χ1n) is 5.77. The summed E-state index contributed by atoms with van der Waals surface area (Å²) in [7, 11) is 0. The van der Waals surface area contributed by atoms with E-state index in [1.807, 2.05) is 0 Å². The Hall–Kier alpha value is -1.06. The molecule has 1 aromatic carbocycles. The molecule has 0 aliphatic carbocycles. The van der Waals surface area contributed by atoms with Gasteiger partial charge in [0.25, 0.3) is 0 Å². The number of ether oxygens (including phenoxy) is 1. The summed E-state index contributed by atoms with van der Waals surface area (Å²) in [6.07, 6.45) is 2.71. The molecule has 3 heteroatoms. The van der Waals surface area contributed by atoms with Gasteiger partial charge in [0.2, 0.25) is 0 Å². The summed E-state index contributed by atoms with van der Waals surface area (Å²) in [6.45, 7) is 2.10. The van der Waals surface area contributed by atoms with Crippen LogP contribution >= 0.6 is 11.3 Å². The Bertz CT molecular complexity index is 473. The van der Waals surface area contributed by atoms with E-state index in [1.165, 1.54) is 16.5 Å². The highest BCUT2D eigenvalue weighted by Crippen LogP contribution is 2.31. The van der Waals surface area contributed by atoms with Crippen molar-refractivity contribution in [2.75, 3.05) is 13.1 Å². The van der Waals surface area contributed by atoms with Gasteiger partial charge in [0.05, 0.1) is 4.70 Å². The average Bonchev–Trinajstić information content (AvgIpc) is 2.80. The Morgan fingerprint density at radius 3 is 3.19 bits per heavy atom. The van der Waals surface area contributed by atoms with Crippen LogP contribution in [0.4, 0.5) is 0 Å². The van der Waals surface area contributed by atoms with Gasteiger partial charge in [-0.25, -0.2) is 0 Å². The highest BCUT2D eigenvalue weighted by Gasteiger charge is 2.15. The van der Waals surface area contributed by atoms with Crippen LogP contribution in [-0.2, 0) is 0 Å². The lowest BCUT2D eigenvalue weighted by Gasteiger charge is -2.24. The van der Waals surface area contributed by atoms with Gasteiger partial charge in [-0.15, -0.1) is 11.3 Å². The molecule has 1 N–H and O–H groups in total. The van der Waals surface area contributed by atoms with E-state index in [0.717, 1.165) is 25.3 Å². The van der Waals surface area contributed by atoms with Crippen LogP contribution < -0.4 is 10.1 Å². The van der Waals surface area contributed by atoms with Gasteiger partial charge in [-0.2, -0.15) is 0 Å². The number of hydrogen-bond acceptors (Lipinski definition) is 3. The van der Waals surface area contributed by atoms with Crippen LogP contribution in [0.3, 0.4) is 0 Å². The second-order valence-corrected chi connectivity index (χ2v) is 5.10. The van der Waals surface area contributed by atoms with E-state index in [9.17, 15) is 0 Å². The van der Waals surface area contributed by atoms with Crippen molar-refractivity contribution in [1.82, 2.24) is 5.32 Å². The molecule has 16 heavy (non-hydrogen) atoms. The van der Waals surface area contributed by atoms with E-state index in [2.05, 4.69) is 35.0 Å². The highest BCUT2D eigenvalue weighted by atomic mass is 32.1. The van der Waals surface area contributed by atoms with Crippen molar-refractivity contribution < 1.29 is 4.74 Å². The lowest BCUT2D eigenvalue weighted by atomic mass is 10.1. The van der Waals surface area contributed by atoms with Gasteiger partial charge in [0.1, 0.15) is 11.9 Å². The molecule has 2 aromatic rings. The SMILES string of the molecule is c1cc(OC2CCCNC2)c2sccc2c1. The molecule has 1 aromatic heterocycles. The van der Waals surface area contributed by atoms with Gasteiger partial charge in [-0.1, -0.05) is 12.1 Å². The van der Waals surface area contributed by atoms with Crippen molar-refractivity contribution in [2.45, 2.75) is 18.9 Å². The predicted octanol–water partition coefficient (Wildman–Crippen LogP) is 3.03. The second-order valence-electron chi connectivity index (χ2n) is 4.18. The first-order chi connectivity index (χ1) is 7.93. The Morgan fingerprint density at radius 1 is 1.31 bits per heavy atom. The third-order valence-electron chi connectivity index (χ3n) is 2.99. The van der Waals surface area contributed by atoms with Gasteiger partial charge in [-0.05, 0) is 42.3 Å². The van der Waals surface area contributed by atoms with E-state index in [4.69, 9.17) is 4.74 Å². The van der Waals surface area contributed by atoms with E-state index in [1.54, 1.807) is 11.3 Å². The Labute approximate surface area is 99.2 Å². The zero-order chi connectivity index (χ0) is 10.8. The molecule has 0 spiro atoms. The molecule has 2 nitrogen and oxygen atoms in total. The molecule has 1 saturated heterocycles. The lowest BCUT2D eigenvalue weighted by molar-refractivity contribution is 0.169. The fourth-order valence-electron chi connectivity index (χ4n) is 2.16. The highest BCUT2D eigenvalue weighted by molar-refractivity contribution is 7.17. The summed E-state index contributed by atoms with van der Waals surface area (Å²) < 4.78 is 7.35. The second kappa shape index (κ2) is 4.44. The summed E-state index contributed by atoms with van der Waals surface area (Å²) in [5.74, 6) is 1.04. The van der Waals surface area contributed by atoms with E-state index in [0.29, 0.717) is 6.10 Å². The molecule has 2 heterocycles. The van der Waals surface area contributed by atoms with Gasteiger partial charge >= 0.3 is 0 Å². The summed E-state index contributed by atoms with van der Waals surface area (Å²) in [5.41, 5.74) is 0. The van der Waals surface area contributed by atoms with Crippen LogP contribution in [-0.4, -0.2) is 19.2 Å². The first-order valence-corrected chi connectivity index (χ1v) is 6.65. The van der Waals surface area contributed by atoms with E-state index in [-0.39, 0.29) is 0 Å². The van der Waals surface area contributed by atoms with Gasteiger partial charge in [-0.3, -0.25) is 0 Å². The molecule has 1 atom stereocenters. The number of hydrogen-bond donors (Lipinski definition) is 1. The Morgan fingerprint density at radius 2 is 2.31 bits per heavy atom. The molecule has 0 saturated carbocycles. The van der Waals surface area contributed by atoms with E-state index >= 15 is 0 Å². The van der Waals surface area contributed by atoms with Crippen molar-refractivity contribution in [3.8, 4) is 5.75 Å². The molecule has 0 amide bonds. The summed E-state index contributed by atoms with van der Waals surface area (Å²) in [5, 5.41) is 6.78. The fourth-order valence-corrected chi connectivity index (χ4v) is 3.01. The maximum absolute atomic E-state index is 6.07. The molecular weight excluding hydrogens is 218 g/mol. The Kier molecular flexibility index (Phi) is 2.80. The number of fused-ring (bicyclic) bond motifs is 1. The molecule has 1 fully saturated rings. The summed E-state index contributed by atoms with van der Waals surface area (Å²) >= 11 is 1.76. The van der Waals surface area contributed by atoms with Crippen LogP contribution in [0.25, 0.3) is 10.1 Å². The minimum atomic E-state index is 0.335. The largest absolute Gasteiger partial charge is 0.488 e. The third-order valence-corrected chi connectivity index (χ3v) is 3.93. The van der Waals surface area contributed by atoms with Crippen LogP contribution in [0.1, 0.15) is 12.8 Å². The molecule has 84 valence electrons.